The Morgan fingerprint density at radius 3 is 2.52 bits per heavy atom. The summed E-state index contributed by atoms with van der Waals surface area (Å²) in [6, 6.07) is 18.2. The Bertz CT molecular complexity index is 737. The zero-order chi connectivity index (χ0) is 14.7. The summed E-state index contributed by atoms with van der Waals surface area (Å²) in [6.07, 6.45) is 1.77. The average Bonchev–Trinajstić information content (AvgIpc) is 2.56. The maximum absolute atomic E-state index is 6.02. The molecule has 1 unspecified atom stereocenters. The third-order valence-corrected chi connectivity index (χ3v) is 3.78. The molecule has 0 aliphatic rings. The van der Waals surface area contributed by atoms with E-state index in [9.17, 15) is 0 Å². The van der Waals surface area contributed by atoms with E-state index in [4.69, 9.17) is 5.73 Å². The minimum atomic E-state index is -0.389. The van der Waals surface area contributed by atoms with Gasteiger partial charge in [0.05, 0.1) is 11.7 Å². The molecule has 0 fully saturated rings. The summed E-state index contributed by atoms with van der Waals surface area (Å²) in [5.41, 5.74) is 6.76. The SMILES string of the molecule is CC(CN)(Nc1nncc2ccccc12)c1ccccc1. The van der Waals surface area contributed by atoms with Gasteiger partial charge in [-0.05, 0) is 12.5 Å². The van der Waals surface area contributed by atoms with Crippen molar-refractivity contribution in [2.45, 2.75) is 12.5 Å². The highest BCUT2D eigenvalue weighted by Crippen LogP contribution is 2.27. The van der Waals surface area contributed by atoms with Gasteiger partial charge in [0, 0.05) is 17.3 Å². The van der Waals surface area contributed by atoms with Crippen molar-refractivity contribution in [1.82, 2.24) is 10.2 Å². The van der Waals surface area contributed by atoms with Gasteiger partial charge in [-0.1, -0.05) is 54.6 Å². The van der Waals surface area contributed by atoms with Crippen LogP contribution in [0.25, 0.3) is 10.8 Å². The first-order valence-corrected chi connectivity index (χ1v) is 6.97. The molecule has 1 aromatic heterocycles. The van der Waals surface area contributed by atoms with Gasteiger partial charge in [-0.2, -0.15) is 5.10 Å². The molecule has 0 saturated heterocycles. The monoisotopic (exact) mass is 278 g/mol. The molecule has 3 N–H and O–H groups in total. The van der Waals surface area contributed by atoms with Gasteiger partial charge in [-0.25, -0.2) is 0 Å². The summed E-state index contributed by atoms with van der Waals surface area (Å²) in [6.45, 7) is 2.54. The largest absolute Gasteiger partial charge is 0.358 e. The predicted molar refractivity (Wildman–Crippen MR) is 86.0 cm³/mol. The van der Waals surface area contributed by atoms with Crippen molar-refractivity contribution < 1.29 is 0 Å². The van der Waals surface area contributed by atoms with E-state index in [1.807, 2.05) is 42.5 Å². The van der Waals surface area contributed by atoms with Crippen LogP contribution in [0.2, 0.25) is 0 Å². The average molecular weight is 278 g/mol. The van der Waals surface area contributed by atoms with Crippen LogP contribution >= 0.6 is 0 Å². The Morgan fingerprint density at radius 1 is 1.05 bits per heavy atom. The lowest BCUT2D eigenvalue weighted by Gasteiger charge is -2.30. The standard InChI is InChI=1S/C17H18N4/c1-17(12-18,14-8-3-2-4-9-14)20-16-15-10-6-5-7-13(15)11-19-21-16/h2-11H,12,18H2,1H3,(H,20,21). The van der Waals surface area contributed by atoms with E-state index in [0.29, 0.717) is 6.54 Å². The fourth-order valence-electron chi connectivity index (χ4n) is 2.43. The molecule has 0 aliphatic heterocycles. The molecule has 0 aliphatic carbocycles. The molecule has 2 aromatic carbocycles. The third kappa shape index (κ3) is 2.58. The molecule has 1 heterocycles. The van der Waals surface area contributed by atoms with E-state index in [2.05, 4.69) is 34.6 Å². The maximum atomic E-state index is 6.02. The topological polar surface area (TPSA) is 63.8 Å². The number of aromatic nitrogens is 2. The molecule has 0 radical (unpaired) electrons. The molecular formula is C17H18N4. The first kappa shape index (κ1) is 13.5. The highest BCUT2D eigenvalue weighted by molar-refractivity contribution is 5.91. The second-order valence-corrected chi connectivity index (χ2v) is 5.31. The molecule has 0 spiro atoms. The Morgan fingerprint density at radius 2 is 1.76 bits per heavy atom. The lowest BCUT2D eigenvalue weighted by atomic mass is 9.92. The zero-order valence-corrected chi connectivity index (χ0v) is 12.0. The highest BCUT2D eigenvalue weighted by atomic mass is 15.2. The van der Waals surface area contributed by atoms with Crippen molar-refractivity contribution in [2.24, 2.45) is 5.73 Å². The van der Waals surface area contributed by atoms with Gasteiger partial charge in [-0.3, -0.25) is 0 Å². The van der Waals surface area contributed by atoms with Gasteiger partial charge >= 0.3 is 0 Å². The van der Waals surface area contributed by atoms with Crippen LogP contribution in [-0.2, 0) is 5.54 Å². The summed E-state index contributed by atoms with van der Waals surface area (Å²) in [7, 11) is 0. The summed E-state index contributed by atoms with van der Waals surface area (Å²) < 4.78 is 0. The van der Waals surface area contributed by atoms with Crippen molar-refractivity contribution in [3.63, 3.8) is 0 Å². The summed E-state index contributed by atoms with van der Waals surface area (Å²) in [5, 5.41) is 13.9. The van der Waals surface area contributed by atoms with Gasteiger partial charge in [0.25, 0.3) is 0 Å². The normalized spacial score (nSPS) is 13.8. The molecule has 4 nitrogen and oxygen atoms in total. The summed E-state index contributed by atoms with van der Waals surface area (Å²) >= 11 is 0. The number of rotatable bonds is 4. The number of nitrogens with one attached hydrogen (secondary N) is 1. The fourth-order valence-corrected chi connectivity index (χ4v) is 2.43. The van der Waals surface area contributed by atoms with Gasteiger partial charge in [0.15, 0.2) is 5.82 Å². The van der Waals surface area contributed by atoms with Crippen LogP contribution in [0.15, 0.2) is 60.8 Å². The summed E-state index contributed by atoms with van der Waals surface area (Å²) in [4.78, 5) is 0. The third-order valence-electron chi connectivity index (χ3n) is 3.78. The molecule has 106 valence electrons. The number of fused-ring (bicyclic) bond motifs is 1. The molecule has 3 rings (SSSR count). The lowest BCUT2D eigenvalue weighted by Crippen LogP contribution is -2.40. The fraction of sp³-hybridized carbons (Fsp3) is 0.176. The minimum absolute atomic E-state index is 0.389. The van der Waals surface area contributed by atoms with Crippen molar-refractivity contribution in [3.8, 4) is 0 Å². The van der Waals surface area contributed by atoms with E-state index < -0.39 is 0 Å². The van der Waals surface area contributed by atoms with Crippen LogP contribution in [0, 0.1) is 0 Å². The van der Waals surface area contributed by atoms with Gasteiger partial charge in [-0.15, -0.1) is 5.10 Å². The van der Waals surface area contributed by atoms with E-state index in [1.54, 1.807) is 6.20 Å². The van der Waals surface area contributed by atoms with Crippen molar-refractivity contribution in [2.75, 3.05) is 11.9 Å². The number of benzene rings is 2. The number of hydrogen-bond donors (Lipinski definition) is 2. The molecule has 4 heteroatoms. The predicted octanol–water partition coefficient (Wildman–Crippen LogP) is 2.92. The number of anilines is 1. The number of hydrogen-bond acceptors (Lipinski definition) is 4. The number of nitrogens with zero attached hydrogens (tertiary/aromatic N) is 2. The Balaban J connectivity index is 2.04. The molecular weight excluding hydrogens is 260 g/mol. The Kier molecular flexibility index (Phi) is 3.54. The molecule has 0 bridgehead atoms. The first-order chi connectivity index (χ1) is 10.2. The van der Waals surface area contributed by atoms with Crippen molar-refractivity contribution >= 4 is 16.6 Å². The van der Waals surface area contributed by atoms with Crippen LogP contribution in [0.4, 0.5) is 5.82 Å². The van der Waals surface area contributed by atoms with Crippen LogP contribution in [0.1, 0.15) is 12.5 Å². The van der Waals surface area contributed by atoms with Gasteiger partial charge in [0.2, 0.25) is 0 Å². The van der Waals surface area contributed by atoms with Gasteiger partial charge < -0.3 is 11.1 Å². The molecule has 21 heavy (non-hydrogen) atoms. The lowest BCUT2D eigenvalue weighted by molar-refractivity contribution is 0.553. The van der Waals surface area contributed by atoms with E-state index >= 15 is 0 Å². The van der Waals surface area contributed by atoms with Crippen molar-refractivity contribution in [3.05, 3.63) is 66.4 Å². The second-order valence-electron chi connectivity index (χ2n) is 5.31. The van der Waals surface area contributed by atoms with Crippen LogP contribution in [0.5, 0.6) is 0 Å². The minimum Gasteiger partial charge on any atom is -0.358 e. The first-order valence-electron chi connectivity index (χ1n) is 6.97. The van der Waals surface area contributed by atoms with E-state index in [1.165, 1.54) is 0 Å². The van der Waals surface area contributed by atoms with Crippen molar-refractivity contribution in [1.29, 1.82) is 0 Å². The quantitative estimate of drug-likeness (QED) is 0.770. The smallest absolute Gasteiger partial charge is 0.157 e. The Labute approximate surface area is 124 Å². The van der Waals surface area contributed by atoms with Crippen LogP contribution in [0.3, 0.4) is 0 Å². The Hall–Kier alpha value is -2.46. The molecule has 0 amide bonds. The van der Waals surface area contributed by atoms with Crippen LogP contribution in [-0.4, -0.2) is 16.7 Å². The molecule has 3 aromatic rings. The van der Waals surface area contributed by atoms with E-state index in [0.717, 1.165) is 22.2 Å². The zero-order valence-electron chi connectivity index (χ0n) is 12.0. The highest BCUT2D eigenvalue weighted by Gasteiger charge is 2.25. The maximum Gasteiger partial charge on any atom is 0.157 e. The van der Waals surface area contributed by atoms with Gasteiger partial charge in [0.1, 0.15) is 0 Å². The van der Waals surface area contributed by atoms with E-state index in [-0.39, 0.29) is 5.54 Å². The molecule has 0 saturated carbocycles. The number of nitrogens with two attached hydrogens (primary N) is 1. The molecule has 1 atom stereocenters. The van der Waals surface area contributed by atoms with Crippen LogP contribution < -0.4 is 11.1 Å². The second kappa shape index (κ2) is 5.50. The summed E-state index contributed by atoms with van der Waals surface area (Å²) in [5.74, 6) is 0.755.